The number of amides is 2. The molecule has 0 bridgehead atoms. The first-order valence-corrected chi connectivity index (χ1v) is 6.50. The number of carbonyl (C=O) groups is 2. The number of benzene rings is 1. The molecule has 6 nitrogen and oxygen atoms in total. The van der Waals surface area contributed by atoms with E-state index in [2.05, 4.69) is 5.32 Å². The summed E-state index contributed by atoms with van der Waals surface area (Å²) >= 11 is 0. The van der Waals surface area contributed by atoms with Crippen molar-refractivity contribution < 1.29 is 19.8 Å². The lowest BCUT2D eigenvalue weighted by molar-refractivity contribution is 0.0696. The third-order valence-corrected chi connectivity index (χ3v) is 2.87. The summed E-state index contributed by atoms with van der Waals surface area (Å²) in [4.78, 5) is 24.5. The Hall–Kier alpha value is -2.08. The lowest BCUT2D eigenvalue weighted by Gasteiger charge is -2.21. The monoisotopic (exact) mass is 280 g/mol. The number of hydrogen-bond donors (Lipinski definition) is 3. The Labute approximate surface area is 118 Å². The van der Waals surface area contributed by atoms with E-state index in [0.717, 1.165) is 6.42 Å². The summed E-state index contributed by atoms with van der Waals surface area (Å²) in [7, 11) is 0. The average molecular weight is 280 g/mol. The summed E-state index contributed by atoms with van der Waals surface area (Å²) < 4.78 is 0. The Kier molecular flexibility index (Phi) is 5.99. The summed E-state index contributed by atoms with van der Waals surface area (Å²) in [6, 6.07) is 4.39. The quantitative estimate of drug-likeness (QED) is 0.742. The Balaban J connectivity index is 2.84. The van der Waals surface area contributed by atoms with Gasteiger partial charge in [0, 0.05) is 18.8 Å². The second-order valence-corrected chi connectivity index (χ2v) is 4.48. The van der Waals surface area contributed by atoms with Crippen LogP contribution in [0.3, 0.4) is 0 Å². The van der Waals surface area contributed by atoms with Gasteiger partial charge in [-0.2, -0.15) is 0 Å². The van der Waals surface area contributed by atoms with Crippen LogP contribution in [-0.2, 0) is 0 Å². The fourth-order valence-corrected chi connectivity index (χ4v) is 1.84. The summed E-state index contributed by atoms with van der Waals surface area (Å²) in [6.07, 6.45) is 0.779. The first kappa shape index (κ1) is 16.0. The zero-order valence-corrected chi connectivity index (χ0v) is 11.7. The number of aryl methyl sites for hydroxylation is 1. The molecular weight excluding hydrogens is 260 g/mol. The Morgan fingerprint density at radius 3 is 2.55 bits per heavy atom. The van der Waals surface area contributed by atoms with E-state index < -0.39 is 5.97 Å². The van der Waals surface area contributed by atoms with Crippen LogP contribution in [0.2, 0.25) is 0 Å². The molecule has 0 aliphatic heterocycles. The van der Waals surface area contributed by atoms with Gasteiger partial charge in [-0.15, -0.1) is 0 Å². The standard InChI is InChI=1S/C14H20N2O4/c1-3-6-16(7-8-17)14(20)15-11-5-4-10(2)12(9-11)13(18)19/h4-5,9,17H,3,6-8H2,1-2H3,(H,15,20)(H,18,19). The van der Waals surface area contributed by atoms with Crippen molar-refractivity contribution in [1.29, 1.82) is 0 Å². The molecule has 0 radical (unpaired) electrons. The number of rotatable bonds is 6. The van der Waals surface area contributed by atoms with Gasteiger partial charge in [-0.3, -0.25) is 0 Å². The number of carboxylic acid groups (broad SMARTS) is 1. The highest BCUT2D eigenvalue weighted by Crippen LogP contribution is 2.16. The van der Waals surface area contributed by atoms with Crippen molar-refractivity contribution >= 4 is 17.7 Å². The number of aromatic carboxylic acids is 1. The lowest BCUT2D eigenvalue weighted by atomic mass is 10.1. The van der Waals surface area contributed by atoms with Crippen molar-refractivity contribution in [2.45, 2.75) is 20.3 Å². The Morgan fingerprint density at radius 1 is 1.30 bits per heavy atom. The maximum Gasteiger partial charge on any atom is 0.336 e. The van der Waals surface area contributed by atoms with E-state index in [0.29, 0.717) is 17.8 Å². The van der Waals surface area contributed by atoms with Crippen LogP contribution in [0.5, 0.6) is 0 Å². The SMILES string of the molecule is CCCN(CCO)C(=O)Nc1ccc(C)c(C(=O)O)c1. The minimum atomic E-state index is -1.03. The van der Waals surface area contributed by atoms with Gasteiger partial charge in [0.05, 0.1) is 12.2 Å². The normalized spacial score (nSPS) is 10.2. The predicted octanol–water partition coefficient (Wildman–Crippen LogP) is 1.93. The molecule has 0 unspecified atom stereocenters. The second kappa shape index (κ2) is 7.49. The van der Waals surface area contributed by atoms with Gasteiger partial charge in [-0.05, 0) is 31.0 Å². The van der Waals surface area contributed by atoms with Crippen molar-refractivity contribution in [2.24, 2.45) is 0 Å². The molecule has 1 rings (SSSR count). The Bertz CT molecular complexity index is 482. The fourth-order valence-electron chi connectivity index (χ4n) is 1.84. The molecule has 0 spiro atoms. The average Bonchev–Trinajstić information content (AvgIpc) is 2.40. The molecule has 0 aliphatic rings. The first-order chi connectivity index (χ1) is 9.49. The summed E-state index contributed by atoms with van der Waals surface area (Å²) in [5, 5.41) is 20.6. The zero-order chi connectivity index (χ0) is 15.1. The number of nitrogens with zero attached hydrogens (tertiary/aromatic N) is 1. The number of hydrogen-bond acceptors (Lipinski definition) is 3. The van der Waals surface area contributed by atoms with E-state index in [1.165, 1.54) is 11.0 Å². The molecule has 0 fully saturated rings. The van der Waals surface area contributed by atoms with Crippen LogP contribution in [-0.4, -0.2) is 46.8 Å². The molecule has 2 amide bonds. The van der Waals surface area contributed by atoms with E-state index in [9.17, 15) is 9.59 Å². The third-order valence-electron chi connectivity index (χ3n) is 2.87. The smallest absolute Gasteiger partial charge is 0.336 e. The topological polar surface area (TPSA) is 89.9 Å². The number of carboxylic acids is 1. The summed E-state index contributed by atoms with van der Waals surface area (Å²) in [5.74, 6) is -1.03. The highest BCUT2D eigenvalue weighted by atomic mass is 16.4. The number of aliphatic hydroxyl groups is 1. The number of nitrogens with one attached hydrogen (secondary N) is 1. The lowest BCUT2D eigenvalue weighted by Crippen LogP contribution is -2.37. The minimum absolute atomic E-state index is 0.109. The van der Waals surface area contributed by atoms with E-state index >= 15 is 0 Å². The molecule has 6 heteroatoms. The van der Waals surface area contributed by atoms with Crippen molar-refractivity contribution in [3.63, 3.8) is 0 Å². The van der Waals surface area contributed by atoms with Gasteiger partial charge in [-0.1, -0.05) is 13.0 Å². The molecule has 1 aromatic rings. The molecule has 1 aromatic carbocycles. The zero-order valence-electron chi connectivity index (χ0n) is 11.7. The van der Waals surface area contributed by atoms with Crippen LogP contribution in [0.15, 0.2) is 18.2 Å². The summed E-state index contributed by atoms with van der Waals surface area (Å²) in [6.45, 7) is 4.30. The molecule has 0 aliphatic carbocycles. The summed E-state index contributed by atoms with van der Waals surface area (Å²) in [5.41, 5.74) is 1.22. The highest BCUT2D eigenvalue weighted by Gasteiger charge is 2.14. The van der Waals surface area contributed by atoms with Crippen molar-refractivity contribution in [1.82, 2.24) is 4.90 Å². The maximum absolute atomic E-state index is 12.0. The molecule has 0 aromatic heterocycles. The van der Waals surface area contributed by atoms with E-state index in [1.807, 2.05) is 6.92 Å². The van der Waals surface area contributed by atoms with Crippen LogP contribution < -0.4 is 5.32 Å². The van der Waals surface area contributed by atoms with Crippen molar-refractivity contribution in [2.75, 3.05) is 25.0 Å². The van der Waals surface area contributed by atoms with Crippen LogP contribution >= 0.6 is 0 Å². The van der Waals surface area contributed by atoms with Gasteiger partial charge in [0.25, 0.3) is 0 Å². The van der Waals surface area contributed by atoms with Crippen molar-refractivity contribution in [3.05, 3.63) is 29.3 Å². The minimum Gasteiger partial charge on any atom is -0.478 e. The highest BCUT2D eigenvalue weighted by molar-refractivity contribution is 5.94. The van der Waals surface area contributed by atoms with Gasteiger partial charge in [-0.25, -0.2) is 9.59 Å². The van der Waals surface area contributed by atoms with Crippen LogP contribution in [0, 0.1) is 6.92 Å². The number of urea groups is 1. The van der Waals surface area contributed by atoms with Gasteiger partial charge in [0.15, 0.2) is 0 Å². The van der Waals surface area contributed by atoms with Gasteiger partial charge in [0.2, 0.25) is 0 Å². The van der Waals surface area contributed by atoms with Crippen LogP contribution in [0.1, 0.15) is 29.3 Å². The van der Waals surface area contributed by atoms with Crippen molar-refractivity contribution in [3.8, 4) is 0 Å². The van der Waals surface area contributed by atoms with Crippen LogP contribution in [0.4, 0.5) is 10.5 Å². The van der Waals surface area contributed by atoms with Gasteiger partial charge in [0.1, 0.15) is 0 Å². The van der Waals surface area contributed by atoms with E-state index in [-0.39, 0.29) is 24.7 Å². The molecule has 0 atom stereocenters. The molecule has 0 saturated heterocycles. The fraction of sp³-hybridized carbons (Fsp3) is 0.429. The largest absolute Gasteiger partial charge is 0.478 e. The van der Waals surface area contributed by atoms with Gasteiger partial charge >= 0.3 is 12.0 Å². The third kappa shape index (κ3) is 4.24. The molecule has 0 saturated carbocycles. The Morgan fingerprint density at radius 2 is 2.00 bits per heavy atom. The van der Waals surface area contributed by atoms with E-state index in [4.69, 9.17) is 10.2 Å². The molecule has 3 N–H and O–H groups in total. The molecular formula is C14H20N2O4. The second-order valence-electron chi connectivity index (χ2n) is 4.48. The van der Waals surface area contributed by atoms with Crippen LogP contribution in [0.25, 0.3) is 0 Å². The van der Waals surface area contributed by atoms with Gasteiger partial charge < -0.3 is 20.4 Å². The molecule has 20 heavy (non-hydrogen) atoms. The molecule has 110 valence electrons. The maximum atomic E-state index is 12.0. The number of anilines is 1. The number of carbonyl (C=O) groups excluding carboxylic acids is 1. The number of aliphatic hydroxyl groups excluding tert-OH is 1. The predicted molar refractivity (Wildman–Crippen MR) is 76.1 cm³/mol. The first-order valence-electron chi connectivity index (χ1n) is 6.50. The molecule has 0 heterocycles. The van der Waals surface area contributed by atoms with E-state index in [1.54, 1.807) is 19.1 Å².